The molecule has 1 amide bonds. The number of pyridine rings is 1. The zero-order valence-electron chi connectivity index (χ0n) is 14.0. The first-order valence-electron chi connectivity index (χ1n) is 7.87. The molecule has 0 unspecified atom stereocenters. The van der Waals surface area contributed by atoms with Gasteiger partial charge in [0, 0.05) is 34.8 Å². The van der Waals surface area contributed by atoms with Gasteiger partial charge in [-0.1, -0.05) is 34.1 Å². The van der Waals surface area contributed by atoms with Crippen LogP contribution in [-0.2, 0) is 0 Å². The standard InChI is InChI=1S/C20H18BrN3O/c1-14-12-15(21)8-9-18(14)23-16-10-11-22-19(13-16)20(25)24(2)17-6-4-3-5-7-17/h3-13H,1-2H3,(H,22,23). The van der Waals surface area contributed by atoms with Crippen molar-refractivity contribution in [2.24, 2.45) is 0 Å². The molecule has 0 saturated carbocycles. The molecule has 0 aliphatic carbocycles. The third kappa shape index (κ3) is 4.06. The van der Waals surface area contributed by atoms with Crippen LogP contribution in [0, 0.1) is 6.92 Å². The van der Waals surface area contributed by atoms with Crippen molar-refractivity contribution >= 4 is 38.9 Å². The number of aromatic nitrogens is 1. The van der Waals surface area contributed by atoms with E-state index in [0.29, 0.717) is 5.69 Å². The van der Waals surface area contributed by atoms with Crippen molar-refractivity contribution in [3.63, 3.8) is 0 Å². The lowest BCUT2D eigenvalue weighted by atomic mass is 10.2. The summed E-state index contributed by atoms with van der Waals surface area (Å²) in [6.45, 7) is 2.03. The minimum Gasteiger partial charge on any atom is -0.355 e. The zero-order valence-corrected chi connectivity index (χ0v) is 15.6. The Kier molecular flexibility index (Phi) is 5.14. The second kappa shape index (κ2) is 7.49. The number of hydrogen-bond donors (Lipinski definition) is 1. The fraction of sp³-hybridized carbons (Fsp3) is 0.100. The molecule has 0 atom stereocenters. The summed E-state index contributed by atoms with van der Waals surface area (Å²) in [6.07, 6.45) is 1.64. The van der Waals surface area contributed by atoms with Crippen LogP contribution < -0.4 is 10.2 Å². The van der Waals surface area contributed by atoms with Crippen molar-refractivity contribution in [2.45, 2.75) is 6.92 Å². The van der Waals surface area contributed by atoms with Gasteiger partial charge in [0.05, 0.1) is 0 Å². The van der Waals surface area contributed by atoms with E-state index in [2.05, 4.69) is 26.2 Å². The van der Waals surface area contributed by atoms with Gasteiger partial charge in [-0.15, -0.1) is 0 Å². The summed E-state index contributed by atoms with van der Waals surface area (Å²) in [4.78, 5) is 18.5. The Hall–Kier alpha value is -2.66. The number of nitrogens with one attached hydrogen (secondary N) is 1. The second-order valence-corrected chi connectivity index (χ2v) is 6.63. The Bertz CT molecular complexity index is 896. The first-order valence-corrected chi connectivity index (χ1v) is 8.66. The first-order chi connectivity index (χ1) is 12.0. The maximum Gasteiger partial charge on any atom is 0.276 e. The second-order valence-electron chi connectivity index (χ2n) is 5.71. The largest absolute Gasteiger partial charge is 0.355 e. The average Bonchev–Trinajstić information content (AvgIpc) is 2.64. The SMILES string of the molecule is Cc1cc(Br)ccc1Nc1ccnc(C(=O)N(C)c2ccccc2)c1. The number of carbonyl (C=O) groups excluding carboxylic acids is 1. The molecule has 0 fully saturated rings. The van der Waals surface area contributed by atoms with Gasteiger partial charge in [-0.05, 0) is 55.0 Å². The van der Waals surface area contributed by atoms with Gasteiger partial charge in [0.1, 0.15) is 5.69 Å². The van der Waals surface area contributed by atoms with Gasteiger partial charge < -0.3 is 10.2 Å². The molecule has 5 heteroatoms. The number of para-hydroxylation sites is 1. The van der Waals surface area contributed by atoms with E-state index in [1.165, 1.54) is 0 Å². The van der Waals surface area contributed by atoms with Crippen LogP contribution in [0.4, 0.5) is 17.1 Å². The van der Waals surface area contributed by atoms with Crippen LogP contribution in [-0.4, -0.2) is 17.9 Å². The van der Waals surface area contributed by atoms with E-state index >= 15 is 0 Å². The molecule has 1 heterocycles. The van der Waals surface area contributed by atoms with Gasteiger partial charge in [-0.2, -0.15) is 0 Å². The van der Waals surface area contributed by atoms with E-state index in [1.807, 2.05) is 61.5 Å². The molecule has 0 aliphatic rings. The molecule has 0 saturated heterocycles. The molecular weight excluding hydrogens is 378 g/mol. The zero-order chi connectivity index (χ0) is 17.8. The third-order valence-corrected chi connectivity index (χ3v) is 4.39. The number of halogens is 1. The summed E-state index contributed by atoms with van der Waals surface area (Å²) < 4.78 is 1.03. The van der Waals surface area contributed by atoms with Crippen LogP contribution in [0.2, 0.25) is 0 Å². The van der Waals surface area contributed by atoms with Gasteiger partial charge in [0.25, 0.3) is 5.91 Å². The Labute approximate surface area is 155 Å². The van der Waals surface area contributed by atoms with E-state index in [1.54, 1.807) is 24.2 Å². The highest BCUT2D eigenvalue weighted by atomic mass is 79.9. The van der Waals surface area contributed by atoms with Crippen molar-refractivity contribution < 1.29 is 4.79 Å². The summed E-state index contributed by atoms with van der Waals surface area (Å²) in [7, 11) is 1.75. The maximum absolute atomic E-state index is 12.7. The van der Waals surface area contributed by atoms with Crippen LogP contribution in [0.25, 0.3) is 0 Å². The summed E-state index contributed by atoms with van der Waals surface area (Å²) in [5.41, 5.74) is 4.15. The summed E-state index contributed by atoms with van der Waals surface area (Å²) in [5.74, 6) is -0.151. The highest BCUT2D eigenvalue weighted by molar-refractivity contribution is 9.10. The Balaban J connectivity index is 1.82. The third-order valence-electron chi connectivity index (χ3n) is 3.89. The molecule has 126 valence electrons. The van der Waals surface area contributed by atoms with E-state index in [4.69, 9.17) is 0 Å². The molecule has 1 N–H and O–H groups in total. The minimum atomic E-state index is -0.151. The highest BCUT2D eigenvalue weighted by Crippen LogP contribution is 2.24. The van der Waals surface area contributed by atoms with E-state index in [0.717, 1.165) is 27.1 Å². The number of aryl methyl sites for hydroxylation is 1. The number of hydrogen-bond acceptors (Lipinski definition) is 3. The van der Waals surface area contributed by atoms with E-state index in [9.17, 15) is 4.79 Å². The number of benzene rings is 2. The first kappa shape index (κ1) is 17.2. The lowest BCUT2D eigenvalue weighted by Gasteiger charge is -2.17. The summed E-state index contributed by atoms with van der Waals surface area (Å²) in [6, 6.07) is 19.1. The normalized spacial score (nSPS) is 10.4. The van der Waals surface area contributed by atoms with Gasteiger partial charge in [0.15, 0.2) is 0 Å². The van der Waals surface area contributed by atoms with Crippen molar-refractivity contribution in [3.8, 4) is 0 Å². The predicted molar refractivity (Wildman–Crippen MR) is 106 cm³/mol. The predicted octanol–water partition coefficient (Wildman–Crippen LogP) is 5.17. The number of carbonyl (C=O) groups is 1. The fourth-order valence-electron chi connectivity index (χ4n) is 2.49. The number of anilines is 3. The molecule has 3 rings (SSSR count). The Morgan fingerprint density at radius 1 is 1.08 bits per heavy atom. The molecule has 0 spiro atoms. The Morgan fingerprint density at radius 2 is 1.84 bits per heavy atom. The molecule has 4 nitrogen and oxygen atoms in total. The fourth-order valence-corrected chi connectivity index (χ4v) is 2.96. The van der Waals surface area contributed by atoms with Crippen molar-refractivity contribution in [2.75, 3.05) is 17.3 Å². The monoisotopic (exact) mass is 395 g/mol. The average molecular weight is 396 g/mol. The molecule has 0 aliphatic heterocycles. The molecule has 2 aromatic carbocycles. The lowest BCUT2D eigenvalue weighted by molar-refractivity contribution is 0.0988. The quantitative estimate of drug-likeness (QED) is 0.662. The molecule has 25 heavy (non-hydrogen) atoms. The lowest BCUT2D eigenvalue weighted by Crippen LogP contribution is -2.27. The van der Waals surface area contributed by atoms with E-state index in [-0.39, 0.29) is 5.91 Å². The van der Waals surface area contributed by atoms with Crippen molar-refractivity contribution in [1.29, 1.82) is 0 Å². The molecule has 0 radical (unpaired) electrons. The van der Waals surface area contributed by atoms with Gasteiger partial charge >= 0.3 is 0 Å². The van der Waals surface area contributed by atoms with E-state index < -0.39 is 0 Å². The van der Waals surface area contributed by atoms with Crippen LogP contribution in [0.1, 0.15) is 16.1 Å². The van der Waals surface area contributed by atoms with Gasteiger partial charge in [0.2, 0.25) is 0 Å². The Morgan fingerprint density at radius 3 is 2.56 bits per heavy atom. The molecular formula is C20H18BrN3O. The van der Waals surface area contributed by atoms with Crippen molar-refractivity contribution in [1.82, 2.24) is 4.98 Å². The minimum absolute atomic E-state index is 0.151. The summed E-state index contributed by atoms with van der Waals surface area (Å²) in [5, 5.41) is 3.34. The van der Waals surface area contributed by atoms with Gasteiger partial charge in [-0.3, -0.25) is 9.78 Å². The maximum atomic E-state index is 12.7. The number of nitrogens with zero attached hydrogens (tertiary/aromatic N) is 2. The number of rotatable bonds is 4. The van der Waals surface area contributed by atoms with Crippen LogP contribution in [0.15, 0.2) is 71.3 Å². The molecule has 3 aromatic rings. The number of amides is 1. The van der Waals surface area contributed by atoms with Crippen LogP contribution in [0.3, 0.4) is 0 Å². The molecule has 0 bridgehead atoms. The molecule has 1 aromatic heterocycles. The van der Waals surface area contributed by atoms with Crippen LogP contribution >= 0.6 is 15.9 Å². The van der Waals surface area contributed by atoms with Crippen molar-refractivity contribution in [3.05, 3.63) is 82.6 Å². The summed E-state index contributed by atoms with van der Waals surface area (Å²) >= 11 is 3.46. The highest BCUT2D eigenvalue weighted by Gasteiger charge is 2.15. The topological polar surface area (TPSA) is 45.2 Å². The smallest absolute Gasteiger partial charge is 0.276 e. The van der Waals surface area contributed by atoms with Gasteiger partial charge in [-0.25, -0.2) is 0 Å². The van der Waals surface area contributed by atoms with Crippen LogP contribution in [0.5, 0.6) is 0 Å².